The van der Waals surface area contributed by atoms with Gasteiger partial charge in [0.2, 0.25) is 5.91 Å². The molecule has 3 heterocycles. The van der Waals surface area contributed by atoms with Crippen molar-refractivity contribution in [1.29, 1.82) is 0 Å². The van der Waals surface area contributed by atoms with Gasteiger partial charge in [0.25, 0.3) is 0 Å². The van der Waals surface area contributed by atoms with Crippen LogP contribution in [0.3, 0.4) is 0 Å². The van der Waals surface area contributed by atoms with Crippen LogP contribution in [0.1, 0.15) is 39.2 Å². The number of allylic oxidation sites excluding steroid dienone is 3. The fourth-order valence-electron chi connectivity index (χ4n) is 6.67. The minimum Gasteiger partial charge on any atom is -0.495 e. The maximum absolute atomic E-state index is 14.0. The van der Waals surface area contributed by atoms with Gasteiger partial charge in [-0.05, 0) is 50.1 Å². The smallest absolute Gasteiger partial charge is 0.412 e. The number of anilines is 3. The van der Waals surface area contributed by atoms with Crippen LogP contribution in [0.15, 0.2) is 54.1 Å². The average Bonchev–Trinajstić information content (AvgIpc) is 3.78. The molecule has 3 aliphatic rings. The number of fused-ring (bicyclic) bond motifs is 5. The first-order chi connectivity index (χ1) is 24.1. The summed E-state index contributed by atoms with van der Waals surface area (Å²) in [6.45, 7) is 5.44. The summed E-state index contributed by atoms with van der Waals surface area (Å²) in [6, 6.07) is 8.28. The first-order valence-electron chi connectivity index (χ1n) is 16.4. The predicted octanol–water partition coefficient (Wildman–Crippen LogP) is 4.96. The number of ether oxygens (including phenoxy) is 6. The fourth-order valence-corrected chi connectivity index (χ4v) is 6.98. The van der Waals surface area contributed by atoms with Crippen molar-refractivity contribution in [3.8, 4) is 11.5 Å². The number of nitrogens with zero attached hydrogens (tertiary/aromatic N) is 1. The molecule has 0 unspecified atom stereocenters. The van der Waals surface area contributed by atoms with Crippen molar-refractivity contribution in [2.24, 2.45) is 5.92 Å². The van der Waals surface area contributed by atoms with Gasteiger partial charge in [0.05, 0.1) is 38.1 Å². The number of carbonyl (C=O) groups is 3. The summed E-state index contributed by atoms with van der Waals surface area (Å²) in [5.74, 6) is -0.215. The fraction of sp³-hybridized carbons (Fsp3) is 0.472. The predicted molar refractivity (Wildman–Crippen MR) is 190 cm³/mol. The Morgan fingerprint density at radius 3 is 2.57 bits per heavy atom. The molecule has 2 fully saturated rings. The standard InChI is InChI=1S/C36H45ClN4O10/c1-19-9-8-10-28(48-7)36(45)18-27(49-34(44)40-36)20(2)32-35(3,51-32)29(50-33(43)39-22-11-12-23(38)25(16-22)46-5)17-30(42)41(4)24-14-21(13-19)15-26(47-6)31(24)37/h8-12,14-16,20,27-29,32,45H,13,17-18,38H2,1-7H3,(H,39,43)(H,40,44)/b10-8+,19-9+/t20-,27+,28-,29+,32+,35+,36+/m1/s1. The lowest BCUT2D eigenvalue weighted by Crippen LogP contribution is -2.63. The molecule has 2 saturated heterocycles. The molecule has 0 aliphatic carbocycles. The minimum absolute atomic E-state index is 0.0435. The Kier molecular flexibility index (Phi) is 11.1. The molecule has 2 aromatic carbocycles. The molecule has 5 N–H and O–H groups in total. The van der Waals surface area contributed by atoms with Gasteiger partial charge in [-0.1, -0.05) is 42.3 Å². The first-order valence-corrected chi connectivity index (χ1v) is 16.8. The molecule has 0 spiro atoms. The number of halogens is 1. The Labute approximate surface area is 301 Å². The second-order valence-corrected chi connectivity index (χ2v) is 13.7. The monoisotopic (exact) mass is 728 g/mol. The van der Waals surface area contributed by atoms with Gasteiger partial charge >= 0.3 is 12.2 Å². The third kappa shape index (κ3) is 8.04. The Morgan fingerprint density at radius 2 is 1.88 bits per heavy atom. The summed E-state index contributed by atoms with van der Waals surface area (Å²) in [6.07, 6.45) is 0.150. The van der Waals surface area contributed by atoms with Crippen molar-refractivity contribution in [3.05, 3.63) is 64.7 Å². The van der Waals surface area contributed by atoms with E-state index in [1.807, 2.05) is 13.0 Å². The summed E-state index contributed by atoms with van der Waals surface area (Å²) < 4.78 is 34.3. The van der Waals surface area contributed by atoms with Gasteiger partial charge in [0.15, 0.2) is 5.72 Å². The molecule has 7 atom stereocenters. The number of methoxy groups -OCH3 is 3. The van der Waals surface area contributed by atoms with Crippen molar-refractivity contribution >= 4 is 46.8 Å². The highest BCUT2D eigenvalue weighted by molar-refractivity contribution is 6.35. The Morgan fingerprint density at radius 1 is 1.16 bits per heavy atom. The molecule has 51 heavy (non-hydrogen) atoms. The lowest BCUT2D eigenvalue weighted by atomic mass is 9.83. The minimum atomic E-state index is -1.82. The summed E-state index contributed by atoms with van der Waals surface area (Å²) in [5, 5.41) is 17.1. The largest absolute Gasteiger partial charge is 0.495 e. The maximum Gasteiger partial charge on any atom is 0.412 e. The average molecular weight is 729 g/mol. The molecule has 4 bridgehead atoms. The van der Waals surface area contributed by atoms with E-state index in [0.717, 1.165) is 11.1 Å². The highest BCUT2D eigenvalue weighted by atomic mass is 35.5. The topological polar surface area (TPSA) is 183 Å². The number of carbonyl (C=O) groups excluding carboxylic acids is 3. The number of hydrogen-bond donors (Lipinski definition) is 4. The van der Waals surface area contributed by atoms with Crippen LogP contribution in [-0.4, -0.2) is 87.3 Å². The lowest BCUT2D eigenvalue weighted by Gasteiger charge is -2.42. The summed E-state index contributed by atoms with van der Waals surface area (Å²) in [7, 11) is 5.95. The molecule has 14 nitrogen and oxygen atoms in total. The zero-order valence-electron chi connectivity index (χ0n) is 29.7. The normalized spacial score (nSPS) is 31.2. The third-order valence-corrected chi connectivity index (χ3v) is 10.1. The van der Waals surface area contributed by atoms with Gasteiger partial charge < -0.3 is 44.2 Å². The van der Waals surface area contributed by atoms with E-state index in [-0.39, 0.29) is 17.9 Å². The molecule has 5 rings (SSSR count). The van der Waals surface area contributed by atoms with Gasteiger partial charge in [0.1, 0.15) is 40.4 Å². The van der Waals surface area contributed by atoms with Crippen molar-refractivity contribution in [3.63, 3.8) is 0 Å². The van der Waals surface area contributed by atoms with Gasteiger partial charge in [-0.15, -0.1) is 0 Å². The van der Waals surface area contributed by atoms with E-state index in [1.54, 1.807) is 57.3 Å². The number of hydrogen-bond acceptors (Lipinski definition) is 11. The van der Waals surface area contributed by atoms with Gasteiger partial charge in [0, 0.05) is 38.2 Å². The van der Waals surface area contributed by atoms with E-state index in [4.69, 9.17) is 45.8 Å². The summed E-state index contributed by atoms with van der Waals surface area (Å²) in [4.78, 5) is 41.6. The van der Waals surface area contributed by atoms with E-state index < -0.39 is 59.8 Å². The number of nitrogens with two attached hydrogens (primary N) is 1. The number of nitrogen functional groups attached to an aromatic ring is 1. The number of rotatable bonds is 5. The Balaban J connectivity index is 1.53. The molecule has 276 valence electrons. The molecular formula is C36H45ClN4O10. The number of epoxide rings is 1. The van der Waals surface area contributed by atoms with Crippen molar-refractivity contribution in [2.45, 2.75) is 75.8 Å². The Bertz CT molecular complexity index is 1740. The molecule has 0 saturated carbocycles. The summed E-state index contributed by atoms with van der Waals surface area (Å²) >= 11 is 6.74. The molecular weight excluding hydrogens is 684 g/mol. The Hall–Kier alpha value is -4.50. The second-order valence-electron chi connectivity index (χ2n) is 13.3. The molecule has 15 heteroatoms. The zero-order valence-corrected chi connectivity index (χ0v) is 30.4. The van der Waals surface area contributed by atoms with Crippen LogP contribution in [0.5, 0.6) is 11.5 Å². The molecule has 0 aromatic heterocycles. The van der Waals surface area contributed by atoms with Crippen LogP contribution in [0.25, 0.3) is 0 Å². The highest BCUT2D eigenvalue weighted by Gasteiger charge is 2.64. The van der Waals surface area contributed by atoms with Crippen LogP contribution in [0.4, 0.5) is 26.7 Å². The number of amides is 3. The molecule has 3 aliphatic heterocycles. The van der Waals surface area contributed by atoms with E-state index >= 15 is 0 Å². The molecule has 0 radical (unpaired) electrons. The number of alkyl carbamates (subject to hydrolysis) is 1. The second kappa shape index (κ2) is 15.0. The van der Waals surface area contributed by atoms with Crippen molar-refractivity contribution in [2.75, 3.05) is 44.3 Å². The van der Waals surface area contributed by atoms with E-state index in [1.165, 1.54) is 32.3 Å². The van der Waals surface area contributed by atoms with Crippen molar-refractivity contribution in [1.82, 2.24) is 5.32 Å². The summed E-state index contributed by atoms with van der Waals surface area (Å²) in [5.41, 5.74) is 5.78. The SMILES string of the molecule is COc1cc(NC(=O)O[C@H]2CC(=O)N(C)c3cc(cc(OC)c3Cl)C/C(C)=C/C=C/[C@@H](OC)[C@@]3(O)C[C@H](OC(=O)N3)[C@@H](C)[C@@H]3O[C@@]23C)ccc1N. The third-order valence-electron chi connectivity index (χ3n) is 9.68. The van der Waals surface area contributed by atoms with Crippen LogP contribution in [-0.2, 0) is 30.2 Å². The van der Waals surface area contributed by atoms with Gasteiger partial charge in [-0.25, -0.2) is 9.59 Å². The van der Waals surface area contributed by atoms with E-state index in [9.17, 15) is 19.5 Å². The van der Waals surface area contributed by atoms with Crippen LogP contribution in [0.2, 0.25) is 5.02 Å². The van der Waals surface area contributed by atoms with Crippen LogP contribution >= 0.6 is 11.6 Å². The number of nitrogens with one attached hydrogen (secondary N) is 2. The van der Waals surface area contributed by atoms with Gasteiger partial charge in [-0.3, -0.25) is 15.4 Å². The van der Waals surface area contributed by atoms with E-state index in [2.05, 4.69) is 10.6 Å². The van der Waals surface area contributed by atoms with Crippen molar-refractivity contribution < 1.29 is 47.9 Å². The first kappa shape index (κ1) is 37.7. The molecule has 2 aromatic rings. The lowest BCUT2D eigenvalue weighted by molar-refractivity contribution is -0.142. The van der Waals surface area contributed by atoms with Crippen LogP contribution in [0, 0.1) is 5.92 Å². The highest BCUT2D eigenvalue weighted by Crippen LogP contribution is 2.49. The maximum atomic E-state index is 14.0. The number of benzene rings is 2. The van der Waals surface area contributed by atoms with Gasteiger partial charge in [-0.2, -0.15) is 0 Å². The number of aliphatic hydroxyl groups is 1. The van der Waals surface area contributed by atoms with E-state index in [0.29, 0.717) is 35.0 Å². The van der Waals surface area contributed by atoms with Crippen LogP contribution < -0.4 is 30.7 Å². The quantitative estimate of drug-likeness (QED) is 0.241. The zero-order chi connectivity index (χ0) is 37.2. The molecule has 3 amide bonds.